The van der Waals surface area contributed by atoms with Crippen LogP contribution in [-0.4, -0.2) is 35.8 Å². The number of aromatic nitrogens is 1. The Bertz CT molecular complexity index is 368. The number of hydrogen-bond donors (Lipinski definition) is 2. The summed E-state index contributed by atoms with van der Waals surface area (Å²) >= 11 is 0. The topological polar surface area (TPSA) is 48.4 Å². The second-order valence-electron chi connectivity index (χ2n) is 6.22. The molecular formula is C15H27N3O. The predicted molar refractivity (Wildman–Crippen MR) is 80.3 cm³/mol. The minimum absolute atomic E-state index is 0.560. The van der Waals surface area contributed by atoms with E-state index in [1.54, 1.807) is 13.8 Å². The first-order valence-electron chi connectivity index (χ1n) is 6.87. The van der Waals surface area contributed by atoms with Crippen LogP contribution in [0, 0.1) is 5.92 Å². The lowest BCUT2D eigenvalue weighted by Gasteiger charge is -2.26. The van der Waals surface area contributed by atoms with Crippen LogP contribution < -0.4 is 10.2 Å². The number of anilines is 1. The fourth-order valence-corrected chi connectivity index (χ4v) is 1.91. The summed E-state index contributed by atoms with van der Waals surface area (Å²) in [6, 6.07) is 4.08. The lowest BCUT2D eigenvalue weighted by Crippen LogP contribution is -2.36. The van der Waals surface area contributed by atoms with Crippen LogP contribution in [0.1, 0.15) is 33.3 Å². The summed E-state index contributed by atoms with van der Waals surface area (Å²) in [5.74, 6) is 1.54. The van der Waals surface area contributed by atoms with Gasteiger partial charge in [-0.1, -0.05) is 19.9 Å². The largest absolute Gasteiger partial charge is 0.389 e. The van der Waals surface area contributed by atoms with Crippen LogP contribution in [0.15, 0.2) is 18.3 Å². The molecule has 1 aromatic rings. The number of hydrogen-bond acceptors (Lipinski definition) is 4. The van der Waals surface area contributed by atoms with Crippen LogP contribution in [0.25, 0.3) is 0 Å². The van der Waals surface area contributed by atoms with Crippen molar-refractivity contribution in [2.45, 2.75) is 39.8 Å². The zero-order valence-electron chi connectivity index (χ0n) is 12.8. The van der Waals surface area contributed by atoms with Crippen LogP contribution in [0.2, 0.25) is 0 Å². The Balaban J connectivity index is 2.51. The number of aliphatic hydroxyl groups is 1. The van der Waals surface area contributed by atoms with E-state index in [0.717, 1.165) is 18.9 Å². The van der Waals surface area contributed by atoms with Crippen molar-refractivity contribution in [3.05, 3.63) is 23.9 Å². The Hall–Kier alpha value is -1.13. The van der Waals surface area contributed by atoms with Gasteiger partial charge in [0.05, 0.1) is 5.60 Å². The number of nitrogens with one attached hydrogen (secondary N) is 1. The van der Waals surface area contributed by atoms with Crippen molar-refractivity contribution in [1.82, 2.24) is 10.3 Å². The van der Waals surface area contributed by atoms with Crippen LogP contribution in [-0.2, 0) is 6.54 Å². The van der Waals surface area contributed by atoms with Crippen LogP contribution in [0.5, 0.6) is 0 Å². The van der Waals surface area contributed by atoms with Crippen LogP contribution >= 0.6 is 0 Å². The van der Waals surface area contributed by atoms with Gasteiger partial charge in [0, 0.05) is 26.3 Å². The Morgan fingerprint density at radius 3 is 2.53 bits per heavy atom. The van der Waals surface area contributed by atoms with Crippen molar-refractivity contribution < 1.29 is 5.11 Å². The molecule has 1 aromatic heterocycles. The molecule has 0 spiro atoms. The summed E-state index contributed by atoms with van der Waals surface area (Å²) < 4.78 is 0. The summed E-state index contributed by atoms with van der Waals surface area (Å²) in [7, 11) is 1.94. The molecule has 2 N–H and O–H groups in total. The molecule has 0 unspecified atom stereocenters. The Labute approximate surface area is 116 Å². The molecule has 0 aliphatic heterocycles. The van der Waals surface area contributed by atoms with Gasteiger partial charge >= 0.3 is 0 Å². The predicted octanol–water partition coefficient (Wildman–Crippen LogP) is 2.03. The van der Waals surface area contributed by atoms with E-state index in [9.17, 15) is 5.11 Å². The maximum Gasteiger partial charge on any atom is 0.128 e. The van der Waals surface area contributed by atoms with Crippen molar-refractivity contribution in [3.63, 3.8) is 0 Å². The van der Waals surface area contributed by atoms with Gasteiger partial charge in [-0.15, -0.1) is 0 Å². The van der Waals surface area contributed by atoms with E-state index in [1.165, 1.54) is 5.56 Å². The maximum absolute atomic E-state index is 9.79. The van der Waals surface area contributed by atoms with E-state index in [-0.39, 0.29) is 0 Å². The highest BCUT2D eigenvalue weighted by molar-refractivity contribution is 5.38. The molecule has 4 heteroatoms. The molecule has 0 aromatic carbocycles. The van der Waals surface area contributed by atoms with Gasteiger partial charge in [-0.3, -0.25) is 0 Å². The van der Waals surface area contributed by atoms with Gasteiger partial charge in [-0.2, -0.15) is 0 Å². The summed E-state index contributed by atoms with van der Waals surface area (Å²) in [5, 5.41) is 13.2. The standard InChI is InChI=1S/C15H27N3O/c1-12(2)8-16-9-13-6-7-14(17-10-13)18(5)11-15(3,4)19/h6-7,10,12,16,19H,8-9,11H2,1-5H3. The van der Waals surface area contributed by atoms with Gasteiger partial charge in [0.1, 0.15) is 5.82 Å². The molecule has 0 bridgehead atoms. The summed E-state index contributed by atoms with van der Waals surface area (Å²) in [6.45, 7) is 10.4. The smallest absolute Gasteiger partial charge is 0.128 e. The minimum atomic E-state index is -0.714. The van der Waals surface area contributed by atoms with Gasteiger partial charge in [0.2, 0.25) is 0 Å². The van der Waals surface area contributed by atoms with Crippen molar-refractivity contribution in [2.75, 3.05) is 25.0 Å². The number of likely N-dealkylation sites (N-methyl/N-ethyl adjacent to an activating group) is 1. The molecule has 0 fully saturated rings. The van der Waals surface area contributed by atoms with Gasteiger partial charge in [0.15, 0.2) is 0 Å². The lowest BCUT2D eigenvalue weighted by molar-refractivity contribution is 0.0884. The quantitative estimate of drug-likeness (QED) is 0.792. The van der Waals surface area contributed by atoms with E-state index in [4.69, 9.17) is 0 Å². The minimum Gasteiger partial charge on any atom is -0.389 e. The van der Waals surface area contributed by atoms with E-state index >= 15 is 0 Å². The average molecular weight is 265 g/mol. The van der Waals surface area contributed by atoms with Crippen molar-refractivity contribution in [2.24, 2.45) is 5.92 Å². The zero-order chi connectivity index (χ0) is 14.5. The zero-order valence-corrected chi connectivity index (χ0v) is 12.8. The molecule has 108 valence electrons. The number of nitrogens with zero attached hydrogens (tertiary/aromatic N) is 2. The Morgan fingerprint density at radius 1 is 1.37 bits per heavy atom. The first kappa shape index (κ1) is 15.9. The number of pyridine rings is 1. The van der Waals surface area contributed by atoms with Gasteiger partial charge in [0.25, 0.3) is 0 Å². The van der Waals surface area contributed by atoms with Crippen molar-refractivity contribution >= 4 is 5.82 Å². The maximum atomic E-state index is 9.79. The van der Waals surface area contributed by atoms with E-state index in [1.807, 2.05) is 24.2 Å². The van der Waals surface area contributed by atoms with Gasteiger partial charge < -0.3 is 15.3 Å². The molecule has 1 rings (SSSR count). The van der Waals surface area contributed by atoms with Crippen LogP contribution in [0.4, 0.5) is 5.82 Å². The number of rotatable bonds is 7. The fourth-order valence-electron chi connectivity index (χ4n) is 1.91. The molecule has 19 heavy (non-hydrogen) atoms. The highest BCUT2D eigenvalue weighted by atomic mass is 16.3. The molecule has 0 saturated heterocycles. The Kier molecular flexibility index (Phi) is 5.76. The van der Waals surface area contributed by atoms with Crippen molar-refractivity contribution in [3.8, 4) is 0 Å². The molecule has 1 heterocycles. The molecular weight excluding hydrogens is 238 g/mol. The summed E-state index contributed by atoms with van der Waals surface area (Å²) in [4.78, 5) is 6.40. The second-order valence-corrected chi connectivity index (χ2v) is 6.22. The fraction of sp³-hybridized carbons (Fsp3) is 0.667. The second kappa shape index (κ2) is 6.87. The third-order valence-electron chi connectivity index (χ3n) is 2.71. The average Bonchev–Trinajstić information content (AvgIpc) is 2.27. The van der Waals surface area contributed by atoms with Crippen molar-refractivity contribution in [1.29, 1.82) is 0 Å². The first-order chi connectivity index (χ1) is 8.78. The third-order valence-corrected chi connectivity index (χ3v) is 2.71. The monoisotopic (exact) mass is 265 g/mol. The van der Waals surface area contributed by atoms with Crippen LogP contribution in [0.3, 0.4) is 0 Å². The van der Waals surface area contributed by atoms with Gasteiger partial charge in [-0.05, 0) is 37.9 Å². The normalized spacial score (nSPS) is 11.9. The van der Waals surface area contributed by atoms with Gasteiger partial charge in [-0.25, -0.2) is 4.98 Å². The molecule has 0 aliphatic rings. The third kappa shape index (κ3) is 6.55. The van der Waals surface area contributed by atoms with E-state index in [2.05, 4.69) is 30.2 Å². The molecule has 0 atom stereocenters. The Morgan fingerprint density at radius 2 is 2.05 bits per heavy atom. The molecule has 0 saturated carbocycles. The van der Waals surface area contributed by atoms with E-state index in [0.29, 0.717) is 12.5 Å². The highest BCUT2D eigenvalue weighted by Crippen LogP contribution is 2.13. The SMILES string of the molecule is CC(C)CNCc1ccc(N(C)CC(C)(C)O)nc1. The molecule has 0 radical (unpaired) electrons. The summed E-state index contributed by atoms with van der Waals surface area (Å²) in [6.07, 6.45) is 1.89. The summed E-state index contributed by atoms with van der Waals surface area (Å²) in [5.41, 5.74) is 0.467. The molecule has 4 nitrogen and oxygen atoms in total. The molecule has 0 aliphatic carbocycles. The first-order valence-corrected chi connectivity index (χ1v) is 6.87. The molecule has 0 amide bonds. The highest BCUT2D eigenvalue weighted by Gasteiger charge is 2.16. The van der Waals surface area contributed by atoms with E-state index < -0.39 is 5.60 Å². The lowest BCUT2D eigenvalue weighted by atomic mass is 10.1.